The minimum atomic E-state index is 0.332. The Hall–Kier alpha value is -0.0800. The van der Waals surface area contributed by atoms with Crippen molar-refractivity contribution < 1.29 is 0 Å². The summed E-state index contributed by atoms with van der Waals surface area (Å²) < 4.78 is 0. The number of hydrogen-bond donors (Lipinski definition) is 1. The van der Waals surface area contributed by atoms with Crippen LogP contribution in [0.25, 0.3) is 0 Å². The van der Waals surface area contributed by atoms with Crippen molar-refractivity contribution in [1.29, 1.82) is 0 Å². The van der Waals surface area contributed by atoms with E-state index >= 15 is 0 Å². The molecular weight excluding hydrogens is 256 g/mol. The van der Waals surface area contributed by atoms with Crippen molar-refractivity contribution in [2.75, 3.05) is 19.6 Å². The maximum atomic E-state index is 6.28. The van der Waals surface area contributed by atoms with Crippen LogP contribution in [0.2, 0.25) is 0 Å². The smallest absolute Gasteiger partial charge is 0.0331 e. The van der Waals surface area contributed by atoms with Crippen LogP contribution in [-0.4, -0.2) is 30.1 Å². The summed E-state index contributed by atoms with van der Waals surface area (Å²) in [6, 6.07) is 0. The van der Waals surface area contributed by atoms with Gasteiger partial charge in [0.25, 0.3) is 0 Å². The second-order valence-electron chi connectivity index (χ2n) is 8.38. The fourth-order valence-corrected chi connectivity index (χ4v) is 4.69. The molecule has 2 aliphatic rings. The Balaban J connectivity index is 1.95. The zero-order valence-corrected chi connectivity index (χ0v) is 15.0. The zero-order chi connectivity index (χ0) is 15.5. The van der Waals surface area contributed by atoms with Crippen LogP contribution in [0.15, 0.2) is 0 Å². The molecule has 21 heavy (non-hydrogen) atoms. The van der Waals surface area contributed by atoms with Crippen molar-refractivity contribution >= 4 is 0 Å². The van der Waals surface area contributed by atoms with Gasteiger partial charge in [0.2, 0.25) is 0 Å². The molecule has 1 aliphatic carbocycles. The zero-order valence-electron chi connectivity index (χ0n) is 15.0. The SMILES string of the molecule is CCC1CCN(C2(CN)CCC(C(C)(C)CC)CC2)CC1. The normalized spacial score (nSPS) is 33.3. The highest BCUT2D eigenvalue weighted by molar-refractivity contribution is 4.99. The van der Waals surface area contributed by atoms with Gasteiger partial charge in [-0.2, -0.15) is 0 Å². The van der Waals surface area contributed by atoms with Crippen molar-refractivity contribution in [3.05, 3.63) is 0 Å². The first-order valence-corrected chi connectivity index (χ1v) is 9.42. The van der Waals surface area contributed by atoms with Crippen LogP contribution in [0.5, 0.6) is 0 Å². The maximum Gasteiger partial charge on any atom is 0.0331 e. The van der Waals surface area contributed by atoms with E-state index in [0.29, 0.717) is 11.0 Å². The van der Waals surface area contributed by atoms with Gasteiger partial charge in [0.1, 0.15) is 0 Å². The molecule has 2 rings (SSSR count). The molecule has 0 amide bonds. The second kappa shape index (κ2) is 7.00. The lowest BCUT2D eigenvalue weighted by molar-refractivity contribution is -0.00333. The van der Waals surface area contributed by atoms with Crippen LogP contribution in [0.1, 0.15) is 79.1 Å². The van der Waals surface area contributed by atoms with Gasteiger partial charge in [-0.3, -0.25) is 4.90 Å². The summed E-state index contributed by atoms with van der Waals surface area (Å²) in [4.78, 5) is 2.77. The predicted octanol–water partition coefficient (Wildman–Crippen LogP) is 4.43. The Bertz CT molecular complexity index is 308. The largest absolute Gasteiger partial charge is 0.329 e. The van der Waals surface area contributed by atoms with Crippen molar-refractivity contribution in [1.82, 2.24) is 4.90 Å². The number of nitrogens with two attached hydrogens (primary N) is 1. The molecule has 0 unspecified atom stereocenters. The van der Waals surface area contributed by atoms with Crippen molar-refractivity contribution in [2.45, 2.75) is 84.6 Å². The molecule has 2 fully saturated rings. The third-order valence-electron chi connectivity index (χ3n) is 7.18. The van der Waals surface area contributed by atoms with E-state index in [1.165, 1.54) is 64.5 Å². The Labute approximate surface area is 132 Å². The summed E-state index contributed by atoms with van der Waals surface area (Å²) in [5, 5.41) is 0. The first kappa shape index (κ1) is 17.3. The van der Waals surface area contributed by atoms with Gasteiger partial charge >= 0.3 is 0 Å². The van der Waals surface area contributed by atoms with Crippen molar-refractivity contribution in [3.63, 3.8) is 0 Å². The quantitative estimate of drug-likeness (QED) is 0.812. The van der Waals surface area contributed by atoms with Gasteiger partial charge in [-0.25, -0.2) is 0 Å². The number of nitrogens with zero attached hydrogens (tertiary/aromatic N) is 1. The third-order valence-corrected chi connectivity index (χ3v) is 7.18. The van der Waals surface area contributed by atoms with Crippen LogP contribution >= 0.6 is 0 Å². The highest BCUT2D eigenvalue weighted by Gasteiger charge is 2.43. The standard InChI is InChI=1S/C19H38N2/c1-5-16-9-13-21(14-10-16)19(15-20)11-7-17(8-12-19)18(3,4)6-2/h16-17H,5-15,20H2,1-4H3. The second-order valence-corrected chi connectivity index (χ2v) is 8.38. The van der Waals surface area contributed by atoms with Gasteiger partial charge in [-0.1, -0.05) is 40.5 Å². The molecule has 2 nitrogen and oxygen atoms in total. The molecule has 0 aromatic heterocycles. The topological polar surface area (TPSA) is 29.3 Å². The first-order valence-electron chi connectivity index (χ1n) is 9.42. The van der Waals surface area contributed by atoms with Crippen LogP contribution in [0, 0.1) is 17.3 Å². The Morgan fingerprint density at radius 2 is 1.62 bits per heavy atom. The molecule has 0 atom stereocenters. The molecule has 2 N–H and O–H groups in total. The van der Waals surface area contributed by atoms with Gasteiger partial charge in [0, 0.05) is 12.1 Å². The van der Waals surface area contributed by atoms with E-state index < -0.39 is 0 Å². The molecule has 1 heterocycles. The molecule has 0 aromatic rings. The van der Waals surface area contributed by atoms with Crippen LogP contribution in [0.4, 0.5) is 0 Å². The van der Waals surface area contributed by atoms with E-state index in [4.69, 9.17) is 5.73 Å². The van der Waals surface area contributed by atoms with Gasteiger partial charge in [0.05, 0.1) is 0 Å². The number of likely N-dealkylation sites (tertiary alicyclic amines) is 1. The van der Waals surface area contributed by atoms with Crippen LogP contribution in [0.3, 0.4) is 0 Å². The number of hydrogen-bond acceptors (Lipinski definition) is 2. The molecule has 0 aromatic carbocycles. The predicted molar refractivity (Wildman–Crippen MR) is 92.4 cm³/mol. The van der Waals surface area contributed by atoms with E-state index in [0.717, 1.165) is 18.4 Å². The van der Waals surface area contributed by atoms with Crippen LogP contribution < -0.4 is 5.73 Å². The summed E-state index contributed by atoms with van der Waals surface area (Å²) in [7, 11) is 0. The fraction of sp³-hybridized carbons (Fsp3) is 1.00. The van der Waals surface area contributed by atoms with E-state index in [-0.39, 0.29) is 0 Å². The summed E-state index contributed by atoms with van der Waals surface area (Å²) >= 11 is 0. The number of rotatable bonds is 5. The van der Waals surface area contributed by atoms with Gasteiger partial charge in [-0.15, -0.1) is 0 Å². The summed E-state index contributed by atoms with van der Waals surface area (Å²) in [5.41, 5.74) is 7.12. The average molecular weight is 295 g/mol. The lowest BCUT2D eigenvalue weighted by Gasteiger charge is -2.52. The van der Waals surface area contributed by atoms with E-state index in [1.54, 1.807) is 0 Å². The number of piperidine rings is 1. The highest BCUT2D eigenvalue weighted by Crippen LogP contribution is 2.45. The molecule has 2 heteroatoms. The lowest BCUT2D eigenvalue weighted by atomic mass is 9.65. The lowest BCUT2D eigenvalue weighted by Crippen LogP contribution is -2.58. The van der Waals surface area contributed by atoms with Crippen molar-refractivity contribution in [3.8, 4) is 0 Å². The highest BCUT2D eigenvalue weighted by atomic mass is 15.2. The molecule has 1 saturated carbocycles. The minimum absolute atomic E-state index is 0.332. The van der Waals surface area contributed by atoms with E-state index in [1.807, 2.05) is 0 Å². The summed E-state index contributed by atoms with van der Waals surface area (Å²) in [5.74, 6) is 1.86. The van der Waals surface area contributed by atoms with Gasteiger partial charge < -0.3 is 5.73 Å². The molecular formula is C19H38N2. The van der Waals surface area contributed by atoms with Gasteiger partial charge in [-0.05, 0) is 68.9 Å². The molecule has 1 saturated heterocycles. The third kappa shape index (κ3) is 3.64. The molecule has 0 bridgehead atoms. The average Bonchev–Trinajstić information content (AvgIpc) is 2.55. The van der Waals surface area contributed by atoms with Crippen molar-refractivity contribution in [2.24, 2.45) is 23.0 Å². The fourth-order valence-electron chi connectivity index (χ4n) is 4.69. The summed E-state index contributed by atoms with van der Waals surface area (Å²) in [6.45, 7) is 13.1. The Morgan fingerprint density at radius 3 is 2.05 bits per heavy atom. The van der Waals surface area contributed by atoms with Crippen LogP contribution in [-0.2, 0) is 0 Å². The Kier molecular flexibility index (Phi) is 5.76. The molecule has 0 radical (unpaired) electrons. The van der Waals surface area contributed by atoms with Gasteiger partial charge in [0.15, 0.2) is 0 Å². The molecule has 124 valence electrons. The Morgan fingerprint density at radius 1 is 1.05 bits per heavy atom. The van der Waals surface area contributed by atoms with E-state index in [9.17, 15) is 0 Å². The molecule has 1 aliphatic heterocycles. The minimum Gasteiger partial charge on any atom is -0.329 e. The first-order chi connectivity index (χ1) is 9.97. The molecule has 0 spiro atoms. The maximum absolute atomic E-state index is 6.28. The monoisotopic (exact) mass is 294 g/mol. The summed E-state index contributed by atoms with van der Waals surface area (Å²) in [6.07, 6.45) is 10.9. The van der Waals surface area contributed by atoms with E-state index in [2.05, 4.69) is 32.6 Å².